The second-order valence-corrected chi connectivity index (χ2v) is 10.3. The van der Waals surface area contributed by atoms with E-state index in [-0.39, 0.29) is 12.2 Å². The first-order valence-corrected chi connectivity index (χ1v) is 12.5. The molecule has 1 aromatic rings. The third kappa shape index (κ3) is 6.25. The maximum absolute atomic E-state index is 12.0. The van der Waals surface area contributed by atoms with Crippen LogP contribution in [0.1, 0.15) is 26.7 Å². The molecule has 30 heavy (non-hydrogen) atoms. The minimum absolute atomic E-state index is 0.0925. The number of nitrogens with zero attached hydrogens (tertiary/aromatic N) is 3. The number of benzene rings is 1. The van der Waals surface area contributed by atoms with E-state index >= 15 is 0 Å². The number of sulfonamides is 1. The van der Waals surface area contributed by atoms with Crippen LogP contribution in [0.25, 0.3) is 0 Å². The van der Waals surface area contributed by atoms with Crippen molar-refractivity contribution in [1.82, 2.24) is 9.21 Å². The molecule has 2 heterocycles. The first-order valence-electron chi connectivity index (χ1n) is 10.6. The monoisotopic (exact) mass is 439 g/mol. The minimum Gasteiger partial charge on any atom is -0.493 e. The number of likely N-dealkylation sites (tertiary alicyclic amines) is 1. The lowest BCUT2D eigenvalue weighted by molar-refractivity contribution is 0.0608. The Balaban J connectivity index is 1.41. The van der Waals surface area contributed by atoms with Gasteiger partial charge in [-0.3, -0.25) is 0 Å². The van der Waals surface area contributed by atoms with Gasteiger partial charge in [-0.05, 0) is 56.9 Å². The Morgan fingerprint density at radius 1 is 1.03 bits per heavy atom. The molecule has 0 bridgehead atoms. The maximum Gasteiger partial charge on any atom is 0.410 e. The summed E-state index contributed by atoms with van der Waals surface area (Å²) in [5, 5.41) is 0. The standard InChI is InChI=1S/C21H33N3O5S/c1-17(2)29-21(25)23-10-8-18(9-11-23)16-28-20-6-4-19(5-7-20)22-12-14-24(15-13-22)30(3,26)27/h4-7,17-18H,8-16H2,1-3H3. The highest BCUT2D eigenvalue weighted by molar-refractivity contribution is 7.88. The molecule has 3 rings (SSSR count). The summed E-state index contributed by atoms with van der Waals surface area (Å²) in [7, 11) is -3.11. The van der Waals surface area contributed by atoms with Crippen molar-refractivity contribution in [2.45, 2.75) is 32.8 Å². The third-order valence-corrected chi connectivity index (χ3v) is 6.91. The summed E-state index contributed by atoms with van der Waals surface area (Å²) in [6, 6.07) is 7.98. The van der Waals surface area contributed by atoms with Crippen LogP contribution in [-0.4, -0.2) is 82.0 Å². The van der Waals surface area contributed by atoms with Crippen molar-refractivity contribution in [1.29, 1.82) is 0 Å². The van der Waals surface area contributed by atoms with Gasteiger partial charge in [0.2, 0.25) is 10.0 Å². The van der Waals surface area contributed by atoms with Gasteiger partial charge in [0, 0.05) is 45.0 Å². The molecule has 1 amide bonds. The fraction of sp³-hybridized carbons (Fsp3) is 0.667. The lowest BCUT2D eigenvalue weighted by Gasteiger charge is -2.34. The molecule has 168 valence electrons. The maximum atomic E-state index is 12.0. The van der Waals surface area contributed by atoms with Crippen molar-refractivity contribution < 1.29 is 22.7 Å². The highest BCUT2D eigenvalue weighted by Gasteiger charge is 2.25. The molecule has 0 saturated carbocycles. The molecule has 0 aliphatic carbocycles. The number of amides is 1. The van der Waals surface area contributed by atoms with Gasteiger partial charge in [-0.2, -0.15) is 4.31 Å². The quantitative estimate of drug-likeness (QED) is 0.677. The van der Waals surface area contributed by atoms with E-state index in [0.717, 1.165) is 24.3 Å². The Labute approximate surface area is 179 Å². The number of anilines is 1. The Morgan fingerprint density at radius 3 is 2.17 bits per heavy atom. The van der Waals surface area contributed by atoms with Gasteiger partial charge in [-0.25, -0.2) is 13.2 Å². The largest absolute Gasteiger partial charge is 0.493 e. The lowest BCUT2D eigenvalue weighted by Crippen LogP contribution is -2.48. The number of ether oxygens (including phenoxy) is 2. The summed E-state index contributed by atoms with van der Waals surface area (Å²) < 4.78 is 36.0. The van der Waals surface area contributed by atoms with Crippen molar-refractivity contribution >= 4 is 21.8 Å². The third-order valence-electron chi connectivity index (χ3n) is 5.60. The van der Waals surface area contributed by atoms with E-state index in [1.807, 2.05) is 38.1 Å². The van der Waals surface area contributed by atoms with Gasteiger partial charge in [-0.15, -0.1) is 0 Å². The number of carbonyl (C=O) groups is 1. The summed E-state index contributed by atoms with van der Waals surface area (Å²) in [5.74, 6) is 1.26. The van der Waals surface area contributed by atoms with Crippen LogP contribution in [0.4, 0.5) is 10.5 Å². The lowest BCUT2D eigenvalue weighted by atomic mass is 9.98. The van der Waals surface area contributed by atoms with E-state index in [2.05, 4.69) is 4.90 Å². The fourth-order valence-corrected chi connectivity index (χ4v) is 4.63. The van der Waals surface area contributed by atoms with Gasteiger partial charge in [-0.1, -0.05) is 0 Å². The molecule has 2 saturated heterocycles. The van der Waals surface area contributed by atoms with Gasteiger partial charge in [0.1, 0.15) is 5.75 Å². The Hall–Kier alpha value is -2.00. The van der Waals surface area contributed by atoms with Gasteiger partial charge in [0.05, 0.1) is 19.0 Å². The number of hydrogen-bond acceptors (Lipinski definition) is 6. The minimum atomic E-state index is -3.11. The van der Waals surface area contributed by atoms with E-state index in [9.17, 15) is 13.2 Å². The summed E-state index contributed by atoms with van der Waals surface area (Å²) in [6.45, 7) is 8.17. The van der Waals surface area contributed by atoms with E-state index < -0.39 is 10.0 Å². The zero-order chi connectivity index (χ0) is 21.7. The molecule has 0 radical (unpaired) electrons. The number of piperazine rings is 1. The summed E-state index contributed by atoms with van der Waals surface area (Å²) in [4.78, 5) is 15.9. The highest BCUT2D eigenvalue weighted by atomic mass is 32.2. The predicted molar refractivity (Wildman–Crippen MR) is 116 cm³/mol. The van der Waals surface area contributed by atoms with Crippen LogP contribution in [0.15, 0.2) is 24.3 Å². The Kier molecular flexibility index (Phi) is 7.46. The second kappa shape index (κ2) is 9.87. The number of rotatable bonds is 6. The van der Waals surface area contributed by atoms with Crippen LogP contribution in [-0.2, 0) is 14.8 Å². The average molecular weight is 440 g/mol. The molecule has 2 fully saturated rings. The first-order chi connectivity index (χ1) is 14.2. The van der Waals surface area contributed by atoms with Crippen LogP contribution in [0.5, 0.6) is 5.75 Å². The molecular weight excluding hydrogens is 406 g/mol. The molecule has 0 unspecified atom stereocenters. The number of piperidine rings is 1. The molecule has 0 spiro atoms. The van der Waals surface area contributed by atoms with Crippen LogP contribution in [0.3, 0.4) is 0 Å². The smallest absolute Gasteiger partial charge is 0.410 e. The first kappa shape index (κ1) is 22.7. The van der Waals surface area contributed by atoms with E-state index in [4.69, 9.17) is 9.47 Å². The van der Waals surface area contributed by atoms with Gasteiger partial charge >= 0.3 is 6.09 Å². The van der Waals surface area contributed by atoms with Gasteiger partial charge in [0.15, 0.2) is 0 Å². The van der Waals surface area contributed by atoms with Crippen molar-refractivity contribution in [2.75, 3.05) is 57.0 Å². The molecule has 2 aliphatic rings. The second-order valence-electron chi connectivity index (χ2n) is 8.32. The van der Waals surface area contributed by atoms with Crippen LogP contribution in [0, 0.1) is 5.92 Å². The molecule has 8 nitrogen and oxygen atoms in total. The zero-order valence-corrected chi connectivity index (χ0v) is 18.9. The van der Waals surface area contributed by atoms with Gasteiger partial charge in [0.25, 0.3) is 0 Å². The normalized spacial score (nSPS) is 19.2. The van der Waals surface area contributed by atoms with Crippen molar-refractivity contribution in [3.8, 4) is 5.75 Å². The fourth-order valence-electron chi connectivity index (χ4n) is 3.80. The van der Waals surface area contributed by atoms with E-state index in [1.165, 1.54) is 10.6 Å². The van der Waals surface area contributed by atoms with E-state index in [1.54, 1.807) is 4.90 Å². The molecule has 0 N–H and O–H groups in total. The molecule has 9 heteroatoms. The highest BCUT2D eigenvalue weighted by Crippen LogP contribution is 2.24. The van der Waals surface area contributed by atoms with Crippen molar-refractivity contribution in [3.05, 3.63) is 24.3 Å². The number of hydrogen-bond donors (Lipinski definition) is 0. The summed E-state index contributed by atoms with van der Waals surface area (Å²) in [6.07, 6.45) is 2.77. The molecular formula is C21H33N3O5S. The topological polar surface area (TPSA) is 79.4 Å². The van der Waals surface area contributed by atoms with Crippen LogP contribution < -0.4 is 9.64 Å². The molecule has 0 aromatic heterocycles. The predicted octanol–water partition coefficient (Wildman–Crippen LogP) is 2.40. The van der Waals surface area contributed by atoms with Crippen LogP contribution in [0.2, 0.25) is 0 Å². The molecule has 2 aliphatic heterocycles. The Morgan fingerprint density at radius 2 is 1.63 bits per heavy atom. The summed E-state index contributed by atoms with van der Waals surface area (Å²) in [5.41, 5.74) is 1.08. The van der Waals surface area contributed by atoms with Crippen LogP contribution >= 0.6 is 0 Å². The molecule has 1 aromatic carbocycles. The Bertz CT molecular complexity index is 796. The SMILES string of the molecule is CC(C)OC(=O)N1CCC(COc2ccc(N3CCN(S(C)(=O)=O)CC3)cc2)CC1. The molecule has 0 atom stereocenters. The van der Waals surface area contributed by atoms with Crippen molar-refractivity contribution in [3.63, 3.8) is 0 Å². The number of carbonyl (C=O) groups excluding carboxylic acids is 1. The van der Waals surface area contributed by atoms with Gasteiger partial charge < -0.3 is 19.3 Å². The summed E-state index contributed by atoms with van der Waals surface area (Å²) >= 11 is 0. The van der Waals surface area contributed by atoms with E-state index in [0.29, 0.717) is 51.8 Å². The zero-order valence-electron chi connectivity index (χ0n) is 18.1. The van der Waals surface area contributed by atoms with Crippen molar-refractivity contribution in [2.24, 2.45) is 5.92 Å². The average Bonchev–Trinajstić information content (AvgIpc) is 2.72.